The molecule has 1 aromatic carbocycles. The third-order valence-electron chi connectivity index (χ3n) is 1.58. The van der Waals surface area contributed by atoms with Crippen LogP contribution in [0.2, 0.25) is 0 Å². The molecule has 0 atom stereocenters. The molecule has 1 aliphatic rings. The monoisotopic (exact) mass is 207 g/mol. The molecule has 3 heteroatoms. The van der Waals surface area contributed by atoms with Crippen LogP contribution in [-0.4, -0.2) is 6.21 Å². The van der Waals surface area contributed by atoms with E-state index in [0.29, 0.717) is 0 Å². The summed E-state index contributed by atoms with van der Waals surface area (Å²) in [5.74, 6) is 0. The van der Waals surface area contributed by atoms with Gasteiger partial charge in [0.2, 0.25) is 0 Å². The van der Waals surface area contributed by atoms with Crippen LogP contribution in [0, 0.1) is 0 Å². The first-order chi connectivity index (χ1) is 5.47. The number of rotatable bonds is 0. The van der Waals surface area contributed by atoms with Gasteiger partial charge >= 0.3 is 0 Å². The van der Waals surface area contributed by atoms with Crippen LogP contribution in [0.5, 0.6) is 0 Å². The van der Waals surface area contributed by atoms with Gasteiger partial charge in [0.05, 0.1) is 5.69 Å². The molecular formula is C9H8CuN2. The summed E-state index contributed by atoms with van der Waals surface area (Å²) in [7, 11) is 0. The van der Waals surface area contributed by atoms with E-state index in [4.69, 9.17) is 0 Å². The first-order valence-corrected chi connectivity index (χ1v) is 3.51. The molecule has 2 rings (SSSR count). The Labute approximate surface area is 81.8 Å². The largest absolute Gasteiger partial charge is 0.278 e. The molecule has 1 N–H and O–H groups in total. The zero-order chi connectivity index (χ0) is 7.52. The van der Waals surface area contributed by atoms with Gasteiger partial charge in [0.1, 0.15) is 0 Å². The molecule has 65 valence electrons. The van der Waals surface area contributed by atoms with Crippen molar-refractivity contribution in [2.45, 2.75) is 0 Å². The second-order valence-corrected chi connectivity index (χ2v) is 2.34. The predicted molar refractivity (Wildman–Crippen MR) is 47.6 cm³/mol. The molecule has 0 aliphatic carbocycles. The van der Waals surface area contributed by atoms with Crippen molar-refractivity contribution in [1.82, 2.24) is 0 Å². The smallest absolute Gasteiger partial charge is 0.0634 e. The molecule has 1 radical (unpaired) electrons. The average Bonchev–Trinajstić information content (AvgIpc) is 2.28. The molecule has 1 heterocycles. The van der Waals surface area contributed by atoms with Crippen LogP contribution < -0.4 is 5.43 Å². The van der Waals surface area contributed by atoms with E-state index in [-0.39, 0.29) is 17.1 Å². The SMILES string of the molecule is C1=Cc2ccccc2NN=C1.[Cu]. The van der Waals surface area contributed by atoms with Crippen molar-refractivity contribution in [3.63, 3.8) is 0 Å². The van der Waals surface area contributed by atoms with Crippen molar-refractivity contribution in [2.75, 3.05) is 5.43 Å². The summed E-state index contributed by atoms with van der Waals surface area (Å²) in [4.78, 5) is 0. The van der Waals surface area contributed by atoms with Crippen molar-refractivity contribution in [3.05, 3.63) is 35.9 Å². The number of allylic oxidation sites excluding steroid dienone is 1. The molecule has 0 unspecified atom stereocenters. The number of hydrazone groups is 1. The topological polar surface area (TPSA) is 24.4 Å². The fraction of sp³-hybridized carbons (Fsp3) is 0. The van der Waals surface area contributed by atoms with Crippen molar-refractivity contribution in [2.24, 2.45) is 5.10 Å². The number of hydrogen-bond acceptors (Lipinski definition) is 2. The van der Waals surface area contributed by atoms with E-state index in [1.165, 1.54) is 5.56 Å². The van der Waals surface area contributed by atoms with Crippen LogP contribution in [0.25, 0.3) is 6.08 Å². The van der Waals surface area contributed by atoms with Crippen LogP contribution >= 0.6 is 0 Å². The van der Waals surface area contributed by atoms with Gasteiger partial charge in [0.25, 0.3) is 0 Å². The minimum Gasteiger partial charge on any atom is -0.278 e. The first kappa shape index (κ1) is 9.04. The number of nitrogens with one attached hydrogen (secondary N) is 1. The molecule has 0 amide bonds. The molecule has 0 spiro atoms. The third-order valence-corrected chi connectivity index (χ3v) is 1.58. The summed E-state index contributed by atoms with van der Waals surface area (Å²) in [6, 6.07) is 8.05. The van der Waals surface area contributed by atoms with Crippen molar-refractivity contribution in [1.29, 1.82) is 0 Å². The average molecular weight is 208 g/mol. The second kappa shape index (κ2) is 4.10. The third kappa shape index (κ3) is 1.76. The van der Waals surface area contributed by atoms with Crippen molar-refractivity contribution < 1.29 is 17.1 Å². The maximum absolute atomic E-state index is 3.95. The van der Waals surface area contributed by atoms with E-state index >= 15 is 0 Å². The number of nitrogens with zero attached hydrogens (tertiary/aromatic N) is 1. The molecule has 0 fully saturated rings. The number of anilines is 1. The minimum absolute atomic E-state index is 0. The van der Waals surface area contributed by atoms with E-state index in [0.717, 1.165) is 5.69 Å². The number of benzene rings is 1. The van der Waals surface area contributed by atoms with Crippen molar-refractivity contribution in [3.8, 4) is 0 Å². The fourth-order valence-electron chi connectivity index (χ4n) is 1.04. The summed E-state index contributed by atoms with van der Waals surface area (Å²) in [6.45, 7) is 0. The standard InChI is InChI=1S/C9H8N2.Cu/c1-2-6-9-8(4-1)5-3-7-10-11-9;/h1-7,11H;. The molecular weight excluding hydrogens is 200 g/mol. The first-order valence-electron chi connectivity index (χ1n) is 3.51. The summed E-state index contributed by atoms with van der Waals surface area (Å²) in [6.07, 6.45) is 5.68. The molecule has 1 aliphatic heterocycles. The van der Waals surface area contributed by atoms with Crippen LogP contribution in [-0.2, 0) is 17.1 Å². The predicted octanol–water partition coefficient (Wildman–Crippen LogP) is 2.11. The summed E-state index contributed by atoms with van der Waals surface area (Å²) in [5, 5.41) is 3.95. The Morgan fingerprint density at radius 3 is 2.92 bits per heavy atom. The summed E-state index contributed by atoms with van der Waals surface area (Å²) >= 11 is 0. The Hall–Kier alpha value is -1.05. The van der Waals surface area contributed by atoms with Gasteiger partial charge in [-0.3, -0.25) is 5.43 Å². The van der Waals surface area contributed by atoms with Gasteiger partial charge in [-0.2, -0.15) is 5.10 Å². The molecule has 0 saturated heterocycles. The van der Waals surface area contributed by atoms with Gasteiger partial charge in [-0.25, -0.2) is 0 Å². The van der Waals surface area contributed by atoms with Gasteiger partial charge in [-0.05, 0) is 17.7 Å². The summed E-state index contributed by atoms with van der Waals surface area (Å²) in [5.41, 5.74) is 5.16. The summed E-state index contributed by atoms with van der Waals surface area (Å²) < 4.78 is 0. The number of hydrogen-bond donors (Lipinski definition) is 1. The Morgan fingerprint density at radius 1 is 1.17 bits per heavy atom. The van der Waals surface area contributed by atoms with Gasteiger partial charge in [0.15, 0.2) is 0 Å². The zero-order valence-electron chi connectivity index (χ0n) is 6.29. The van der Waals surface area contributed by atoms with Gasteiger partial charge < -0.3 is 0 Å². The van der Waals surface area contributed by atoms with Gasteiger partial charge in [0, 0.05) is 23.3 Å². The van der Waals surface area contributed by atoms with Gasteiger partial charge in [-0.15, -0.1) is 0 Å². The zero-order valence-corrected chi connectivity index (χ0v) is 7.23. The fourth-order valence-corrected chi connectivity index (χ4v) is 1.04. The molecule has 0 aromatic heterocycles. The van der Waals surface area contributed by atoms with Crippen molar-refractivity contribution >= 4 is 18.0 Å². The second-order valence-electron chi connectivity index (χ2n) is 2.34. The van der Waals surface area contributed by atoms with E-state index in [9.17, 15) is 0 Å². The van der Waals surface area contributed by atoms with Gasteiger partial charge in [-0.1, -0.05) is 24.3 Å². The van der Waals surface area contributed by atoms with E-state index in [2.05, 4.69) is 10.5 Å². The Balaban J connectivity index is 0.000000720. The molecule has 0 bridgehead atoms. The normalized spacial score (nSPS) is 12.3. The number of fused-ring (bicyclic) bond motifs is 1. The van der Waals surface area contributed by atoms with E-state index in [1.807, 2.05) is 36.4 Å². The Bertz CT molecular complexity index is 318. The van der Waals surface area contributed by atoms with Crippen LogP contribution in [0.15, 0.2) is 35.4 Å². The molecule has 0 saturated carbocycles. The van der Waals surface area contributed by atoms with Crippen LogP contribution in [0.1, 0.15) is 5.56 Å². The van der Waals surface area contributed by atoms with E-state index in [1.54, 1.807) is 6.21 Å². The minimum atomic E-state index is 0. The van der Waals surface area contributed by atoms with Crippen LogP contribution in [0.3, 0.4) is 0 Å². The Kier molecular flexibility index (Phi) is 3.09. The maximum atomic E-state index is 3.95. The molecule has 12 heavy (non-hydrogen) atoms. The maximum Gasteiger partial charge on any atom is 0.0634 e. The quantitative estimate of drug-likeness (QED) is 0.648. The van der Waals surface area contributed by atoms with E-state index < -0.39 is 0 Å². The van der Waals surface area contributed by atoms with Crippen LogP contribution in [0.4, 0.5) is 5.69 Å². The molecule has 1 aromatic rings. The number of para-hydroxylation sites is 1. The Morgan fingerprint density at radius 2 is 2.00 bits per heavy atom. The molecule has 2 nitrogen and oxygen atoms in total.